The van der Waals surface area contributed by atoms with Crippen molar-refractivity contribution >= 4 is 42.8 Å². The fraction of sp³-hybridized carbons (Fsp3) is 1.00. The molecular formula is C2H4OSSe2. The Morgan fingerprint density at radius 1 is 1.33 bits per heavy atom. The first-order valence-electron chi connectivity index (χ1n) is 1.32. The molecule has 2 radical (unpaired) electrons. The third-order valence-corrected chi connectivity index (χ3v) is 4.10. The average Bonchev–Trinajstić information content (AvgIpc) is 1.65. The van der Waals surface area contributed by atoms with E-state index in [4.69, 9.17) is 0 Å². The molecule has 0 atom stereocenters. The van der Waals surface area contributed by atoms with Crippen LogP contribution in [0.3, 0.4) is 0 Å². The molecule has 0 aliphatic rings. The van der Waals surface area contributed by atoms with Crippen LogP contribution in [-0.4, -0.2) is 45.5 Å². The third kappa shape index (κ3) is 3.38. The van der Waals surface area contributed by atoms with E-state index < -0.39 is 10.8 Å². The maximum absolute atomic E-state index is 10.2. The molecule has 0 aliphatic heterocycles. The Balaban J connectivity index is 2.99. The molecule has 1 nitrogen and oxygen atoms in total. The zero-order chi connectivity index (χ0) is 4.99. The van der Waals surface area contributed by atoms with Gasteiger partial charge in [-0.15, -0.1) is 0 Å². The quantitative estimate of drug-likeness (QED) is 0.559. The van der Waals surface area contributed by atoms with Gasteiger partial charge in [0.25, 0.3) is 0 Å². The van der Waals surface area contributed by atoms with E-state index in [0.29, 0.717) is 9.30 Å². The molecule has 0 unspecified atom stereocenters. The van der Waals surface area contributed by atoms with Gasteiger partial charge in [0.15, 0.2) is 0 Å². The molecule has 0 rings (SSSR count). The maximum atomic E-state index is 10.2. The van der Waals surface area contributed by atoms with Gasteiger partial charge in [-0.1, -0.05) is 0 Å². The molecule has 0 heterocycles. The van der Waals surface area contributed by atoms with Gasteiger partial charge >= 0.3 is 56.3 Å². The molecule has 0 aromatic rings. The van der Waals surface area contributed by atoms with Gasteiger partial charge in [-0.05, 0) is 0 Å². The summed E-state index contributed by atoms with van der Waals surface area (Å²) in [7, 11) is -0.645. The van der Waals surface area contributed by atoms with Crippen molar-refractivity contribution in [2.75, 3.05) is 9.30 Å². The SMILES string of the molecule is O=S(C[Se])C[Se]. The minimum absolute atomic E-state index is 0.645. The van der Waals surface area contributed by atoms with Crippen LogP contribution in [0.1, 0.15) is 0 Å². The van der Waals surface area contributed by atoms with Crippen molar-refractivity contribution in [2.45, 2.75) is 0 Å². The molecule has 4 heteroatoms. The Labute approximate surface area is 56.3 Å². The standard InChI is InChI=1S/C2H4OSSe2/c3-4(1-5)2-6/h1-2H2. The minimum atomic E-state index is -0.645. The van der Waals surface area contributed by atoms with E-state index >= 15 is 0 Å². The van der Waals surface area contributed by atoms with Crippen molar-refractivity contribution in [1.82, 2.24) is 0 Å². The van der Waals surface area contributed by atoms with Crippen molar-refractivity contribution in [1.29, 1.82) is 0 Å². The van der Waals surface area contributed by atoms with Gasteiger partial charge < -0.3 is 0 Å². The first kappa shape index (κ1) is 7.19. The zero-order valence-electron chi connectivity index (χ0n) is 3.05. The summed E-state index contributed by atoms with van der Waals surface area (Å²) >= 11 is 5.35. The van der Waals surface area contributed by atoms with Gasteiger partial charge in [-0.25, -0.2) is 0 Å². The van der Waals surface area contributed by atoms with Gasteiger partial charge in [-0.2, -0.15) is 0 Å². The van der Waals surface area contributed by atoms with E-state index in [-0.39, 0.29) is 0 Å². The summed E-state index contributed by atoms with van der Waals surface area (Å²) in [6.07, 6.45) is 0. The molecule has 0 N–H and O–H groups in total. The Kier molecular flexibility index (Phi) is 5.21. The third-order valence-electron chi connectivity index (χ3n) is 0.263. The first-order valence-corrected chi connectivity index (χ1v) is 5.23. The van der Waals surface area contributed by atoms with Crippen molar-refractivity contribution in [3.63, 3.8) is 0 Å². The normalized spacial score (nSPS) is 9.83. The van der Waals surface area contributed by atoms with Crippen LogP contribution >= 0.6 is 0 Å². The number of hydrogen-bond donors (Lipinski definition) is 0. The number of hydrogen-bond acceptors (Lipinski definition) is 1. The van der Waals surface area contributed by atoms with Gasteiger partial charge in [0.1, 0.15) is 0 Å². The van der Waals surface area contributed by atoms with Crippen LogP contribution in [0.5, 0.6) is 0 Å². The Morgan fingerprint density at radius 3 is 1.67 bits per heavy atom. The summed E-state index contributed by atoms with van der Waals surface area (Å²) in [5.74, 6) is 0. The monoisotopic (exact) mass is 236 g/mol. The van der Waals surface area contributed by atoms with Crippen LogP contribution < -0.4 is 0 Å². The van der Waals surface area contributed by atoms with Crippen molar-refractivity contribution in [2.24, 2.45) is 0 Å². The van der Waals surface area contributed by atoms with E-state index in [1.807, 2.05) is 0 Å². The summed E-state index contributed by atoms with van der Waals surface area (Å²) in [4.78, 5) is 0. The predicted molar refractivity (Wildman–Crippen MR) is 29.4 cm³/mol. The molecule has 0 aromatic heterocycles. The Morgan fingerprint density at radius 2 is 1.67 bits per heavy atom. The topological polar surface area (TPSA) is 17.1 Å². The van der Waals surface area contributed by atoms with Gasteiger partial charge in [0.2, 0.25) is 0 Å². The average molecular weight is 234 g/mol. The fourth-order valence-electron chi connectivity index (χ4n) is 0.0340. The summed E-state index contributed by atoms with van der Waals surface area (Å²) in [6.45, 7) is 0. The molecule has 36 valence electrons. The van der Waals surface area contributed by atoms with Crippen LogP contribution in [0.25, 0.3) is 0 Å². The van der Waals surface area contributed by atoms with Crippen LogP contribution in [0.4, 0.5) is 0 Å². The van der Waals surface area contributed by atoms with E-state index in [1.165, 1.54) is 0 Å². The molecular weight excluding hydrogens is 230 g/mol. The number of rotatable bonds is 2. The first-order chi connectivity index (χ1) is 2.81. The van der Waals surface area contributed by atoms with Crippen molar-refractivity contribution < 1.29 is 4.21 Å². The van der Waals surface area contributed by atoms with Crippen LogP contribution in [0.2, 0.25) is 0 Å². The second-order valence-electron chi connectivity index (χ2n) is 0.676. The molecule has 0 aromatic carbocycles. The van der Waals surface area contributed by atoms with E-state index in [1.54, 1.807) is 0 Å². The van der Waals surface area contributed by atoms with Gasteiger partial charge in [0.05, 0.1) is 0 Å². The van der Waals surface area contributed by atoms with E-state index in [9.17, 15) is 4.21 Å². The molecule has 0 amide bonds. The summed E-state index contributed by atoms with van der Waals surface area (Å²) in [5.41, 5.74) is 0. The van der Waals surface area contributed by atoms with E-state index in [0.717, 1.165) is 0 Å². The Bertz CT molecular complexity index is 49.5. The zero-order valence-corrected chi connectivity index (χ0v) is 7.29. The van der Waals surface area contributed by atoms with E-state index in [2.05, 4.69) is 32.0 Å². The molecule has 0 saturated heterocycles. The molecule has 0 spiro atoms. The van der Waals surface area contributed by atoms with Crippen molar-refractivity contribution in [3.8, 4) is 0 Å². The molecule has 0 saturated carbocycles. The van der Waals surface area contributed by atoms with Crippen LogP contribution in [0, 0.1) is 0 Å². The summed E-state index contributed by atoms with van der Waals surface area (Å²) in [6, 6.07) is 0. The summed E-state index contributed by atoms with van der Waals surface area (Å²) < 4.78 is 11.5. The summed E-state index contributed by atoms with van der Waals surface area (Å²) in [5, 5.41) is 0. The van der Waals surface area contributed by atoms with Crippen LogP contribution in [-0.2, 0) is 10.8 Å². The predicted octanol–water partition coefficient (Wildman–Crippen LogP) is -1.01. The van der Waals surface area contributed by atoms with Crippen LogP contribution in [0.15, 0.2) is 0 Å². The van der Waals surface area contributed by atoms with Crippen molar-refractivity contribution in [3.05, 3.63) is 0 Å². The van der Waals surface area contributed by atoms with Gasteiger partial charge in [0, 0.05) is 0 Å². The molecule has 6 heavy (non-hydrogen) atoms. The van der Waals surface area contributed by atoms with Gasteiger partial charge in [-0.3, -0.25) is 0 Å². The Hall–Kier alpha value is 1.19. The second kappa shape index (κ2) is 4.35. The second-order valence-corrected chi connectivity index (χ2v) is 4.99. The molecule has 0 fully saturated rings. The fourth-order valence-corrected chi connectivity index (χ4v) is 2.76. The molecule has 0 aliphatic carbocycles. The molecule has 0 bridgehead atoms.